The van der Waals surface area contributed by atoms with Crippen LogP contribution in [0.1, 0.15) is 25.0 Å². The highest BCUT2D eigenvalue weighted by Gasteiger charge is 2.38. The first-order chi connectivity index (χ1) is 32.0. The summed E-state index contributed by atoms with van der Waals surface area (Å²) in [4.78, 5) is 2.36. The molecule has 0 amide bonds. The number of nitrogens with zero attached hydrogens (tertiary/aromatic N) is 2. The van der Waals surface area contributed by atoms with E-state index < -0.39 is 0 Å². The van der Waals surface area contributed by atoms with Gasteiger partial charge in [-0.2, -0.15) is 0 Å². The minimum absolute atomic E-state index is 0.187. The van der Waals surface area contributed by atoms with Crippen LogP contribution < -0.4 is 4.90 Å². The molecule has 1 aliphatic rings. The number of anilines is 3. The molecule has 0 unspecified atom stereocenters. The first kappa shape index (κ1) is 38.5. The molecule has 12 rings (SSSR count). The maximum absolute atomic E-state index is 2.47. The number of rotatable bonds is 8. The van der Waals surface area contributed by atoms with Gasteiger partial charge in [0.2, 0.25) is 0 Å². The molecular formula is C63H46N2. The molecule has 0 saturated carbocycles. The van der Waals surface area contributed by atoms with Gasteiger partial charge in [0.1, 0.15) is 0 Å². The van der Waals surface area contributed by atoms with Crippen molar-refractivity contribution in [2.24, 2.45) is 0 Å². The van der Waals surface area contributed by atoms with E-state index in [1.54, 1.807) is 0 Å². The van der Waals surface area contributed by atoms with Gasteiger partial charge >= 0.3 is 0 Å². The van der Waals surface area contributed by atoms with Crippen molar-refractivity contribution < 1.29 is 0 Å². The standard InChI is InChI=1S/C63H46N2/c1-63(2)57-25-13-9-24-55(57)62-56(54-23-12-16-28-61(54)65-59-26-14-10-21-52(59)53-22-11-15-27-60(53)65)41-48(42-58(62)63)47-33-39-51(40-34-47)64(49-35-29-45(30-36-49)43-17-5-3-6-18-43)50-37-31-46(32-38-50)44-19-7-4-8-20-44/h3-42H,1-2H3. The number of benzene rings is 10. The molecule has 0 saturated heterocycles. The Labute approximate surface area is 381 Å². The SMILES string of the molecule is CC1(C)c2ccccc2-c2c(-c3ccccc3-n3c4ccccc4c4ccccc43)cc(-c3ccc(N(c4ccc(-c5ccccc5)cc4)c4ccc(-c5ccccc5)cc4)cc3)cc21. The largest absolute Gasteiger partial charge is 0.311 e. The topological polar surface area (TPSA) is 8.17 Å². The molecule has 0 radical (unpaired) electrons. The highest BCUT2D eigenvalue weighted by atomic mass is 15.1. The second-order valence-electron chi connectivity index (χ2n) is 17.7. The van der Waals surface area contributed by atoms with E-state index in [-0.39, 0.29) is 5.41 Å². The molecule has 0 N–H and O–H groups in total. The van der Waals surface area contributed by atoms with Gasteiger partial charge < -0.3 is 9.47 Å². The highest BCUT2D eigenvalue weighted by Crippen LogP contribution is 2.54. The fourth-order valence-electron chi connectivity index (χ4n) is 10.4. The molecule has 1 aromatic heterocycles. The van der Waals surface area contributed by atoms with Crippen LogP contribution in [0.2, 0.25) is 0 Å². The van der Waals surface area contributed by atoms with Gasteiger partial charge in [0.15, 0.2) is 0 Å². The molecule has 1 heterocycles. The summed E-state index contributed by atoms with van der Waals surface area (Å²) >= 11 is 0. The lowest BCUT2D eigenvalue weighted by Crippen LogP contribution is -2.15. The summed E-state index contributed by atoms with van der Waals surface area (Å²) in [5, 5.41) is 2.52. The van der Waals surface area contributed by atoms with Crippen LogP contribution >= 0.6 is 0 Å². The van der Waals surface area contributed by atoms with Crippen molar-refractivity contribution in [2.75, 3.05) is 4.90 Å². The number of aromatic nitrogens is 1. The first-order valence-electron chi connectivity index (χ1n) is 22.6. The summed E-state index contributed by atoms with van der Waals surface area (Å²) in [6, 6.07) is 88.8. The second kappa shape index (κ2) is 15.6. The molecule has 0 atom stereocenters. The molecule has 0 fully saturated rings. The van der Waals surface area contributed by atoms with Crippen LogP contribution in [0.25, 0.3) is 83.1 Å². The van der Waals surface area contributed by atoms with Crippen LogP contribution in [0.3, 0.4) is 0 Å². The molecule has 0 aliphatic heterocycles. The average Bonchev–Trinajstić information content (AvgIpc) is 3.83. The molecule has 1 aliphatic carbocycles. The summed E-state index contributed by atoms with van der Waals surface area (Å²) in [6.07, 6.45) is 0. The predicted octanol–water partition coefficient (Wildman–Crippen LogP) is 17.2. The summed E-state index contributed by atoms with van der Waals surface area (Å²) < 4.78 is 2.47. The lowest BCUT2D eigenvalue weighted by atomic mass is 9.80. The van der Waals surface area contributed by atoms with Crippen molar-refractivity contribution in [1.29, 1.82) is 0 Å². The van der Waals surface area contributed by atoms with Gasteiger partial charge in [0.05, 0.1) is 16.7 Å². The van der Waals surface area contributed by atoms with E-state index in [9.17, 15) is 0 Å². The van der Waals surface area contributed by atoms with Crippen LogP contribution in [0.4, 0.5) is 17.1 Å². The number of para-hydroxylation sites is 3. The van der Waals surface area contributed by atoms with Crippen LogP contribution in [0.15, 0.2) is 243 Å². The summed E-state index contributed by atoms with van der Waals surface area (Å²) in [6.45, 7) is 4.77. The number of hydrogen-bond donors (Lipinski definition) is 0. The average molecular weight is 831 g/mol. The third-order valence-electron chi connectivity index (χ3n) is 13.6. The Morgan fingerprint density at radius 2 is 0.738 bits per heavy atom. The fourth-order valence-corrected chi connectivity index (χ4v) is 10.4. The smallest absolute Gasteiger partial charge is 0.0541 e. The van der Waals surface area contributed by atoms with Crippen LogP contribution in [-0.4, -0.2) is 4.57 Å². The zero-order valence-electron chi connectivity index (χ0n) is 36.5. The van der Waals surface area contributed by atoms with Crippen molar-refractivity contribution in [3.8, 4) is 61.3 Å². The highest BCUT2D eigenvalue weighted by molar-refractivity contribution is 6.10. The Kier molecular flexibility index (Phi) is 9.21. The number of hydrogen-bond acceptors (Lipinski definition) is 1. The van der Waals surface area contributed by atoms with E-state index in [2.05, 4.69) is 266 Å². The van der Waals surface area contributed by atoms with Crippen molar-refractivity contribution >= 4 is 38.9 Å². The van der Waals surface area contributed by atoms with E-state index in [4.69, 9.17) is 0 Å². The quantitative estimate of drug-likeness (QED) is 0.148. The van der Waals surface area contributed by atoms with Gasteiger partial charge in [0, 0.05) is 38.8 Å². The summed E-state index contributed by atoms with van der Waals surface area (Å²) in [5.41, 5.74) is 21.7. The zero-order chi connectivity index (χ0) is 43.5. The molecule has 2 heteroatoms. The van der Waals surface area contributed by atoms with Gasteiger partial charge in [-0.05, 0) is 128 Å². The Morgan fingerprint density at radius 3 is 1.28 bits per heavy atom. The molecule has 0 bridgehead atoms. The molecule has 65 heavy (non-hydrogen) atoms. The maximum Gasteiger partial charge on any atom is 0.0541 e. The van der Waals surface area contributed by atoms with Crippen molar-refractivity contribution in [3.63, 3.8) is 0 Å². The molecular weight excluding hydrogens is 785 g/mol. The zero-order valence-corrected chi connectivity index (χ0v) is 36.5. The summed E-state index contributed by atoms with van der Waals surface area (Å²) in [7, 11) is 0. The third-order valence-corrected chi connectivity index (χ3v) is 13.6. The normalized spacial score (nSPS) is 12.6. The van der Waals surface area contributed by atoms with E-state index >= 15 is 0 Å². The molecule has 308 valence electrons. The number of fused-ring (bicyclic) bond motifs is 6. The van der Waals surface area contributed by atoms with Crippen molar-refractivity contribution in [3.05, 3.63) is 254 Å². The Morgan fingerprint density at radius 1 is 0.323 bits per heavy atom. The van der Waals surface area contributed by atoms with Gasteiger partial charge in [-0.3, -0.25) is 0 Å². The Balaban J connectivity index is 1.01. The molecule has 11 aromatic rings. The molecule has 0 spiro atoms. The van der Waals surface area contributed by atoms with E-state index in [1.807, 2.05) is 0 Å². The van der Waals surface area contributed by atoms with Gasteiger partial charge in [-0.1, -0.05) is 190 Å². The molecule has 2 nitrogen and oxygen atoms in total. The van der Waals surface area contributed by atoms with Crippen LogP contribution in [0.5, 0.6) is 0 Å². The molecule has 10 aromatic carbocycles. The fraction of sp³-hybridized carbons (Fsp3) is 0.0476. The Bertz CT molecular complexity index is 3390. The third kappa shape index (κ3) is 6.49. The van der Waals surface area contributed by atoms with Crippen LogP contribution in [0, 0.1) is 0 Å². The predicted molar refractivity (Wildman–Crippen MR) is 275 cm³/mol. The van der Waals surface area contributed by atoms with Crippen molar-refractivity contribution in [1.82, 2.24) is 4.57 Å². The first-order valence-corrected chi connectivity index (χ1v) is 22.6. The summed E-state index contributed by atoms with van der Waals surface area (Å²) in [5.74, 6) is 0. The maximum atomic E-state index is 2.47. The lowest BCUT2D eigenvalue weighted by molar-refractivity contribution is 0.660. The van der Waals surface area contributed by atoms with Gasteiger partial charge in [-0.25, -0.2) is 0 Å². The van der Waals surface area contributed by atoms with Crippen molar-refractivity contribution in [2.45, 2.75) is 19.3 Å². The van der Waals surface area contributed by atoms with E-state index in [1.165, 1.54) is 94.3 Å². The lowest BCUT2D eigenvalue weighted by Gasteiger charge is -2.26. The van der Waals surface area contributed by atoms with E-state index in [0.29, 0.717) is 0 Å². The minimum Gasteiger partial charge on any atom is -0.311 e. The minimum atomic E-state index is -0.187. The van der Waals surface area contributed by atoms with Gasteiger partial charge in [0.25, 0.3) is 0 Å². The second-order valence-corrected chi connectivity index (χ2v) is 17.7. The van der Waals surface area contributed by atoms with Crippen LogP contribution in [-0.2, 0) is 5.41 Å². The monoisotopic (exact) mass is 830 g/mol. The Hall–Kier alpha value is -8.20. The van der Waals surface area contributed by atoms with Gasteiger partial charge in [-0.15, -0.1) is 0 Å². The van der Waals surface area contributed by atoms with E-state index in [0.717, 1.165) is 17.1 Å².